The molecule has 13 heteroatoms. The number of nitrogens with zero attached hydrogens (tertiary/aromatic N) is 2. The number of halogens is 10. The van der Waals surface area contributed by atoms with E-state index < -0.39 is 41.5 Å². The summed E-state index contributed by atoms with van der Waals surface area (Å²) >= 11 is 5.33. The predicted octanol–water partition coefficient (Wildman–Crippen LogP) is 8.10. The molecule has 0 fully saturated rings. The molecule has 1 aliphatic rings. The topological polar surface area (TPSA) is 34.5 Å². The lowest BCUT2D eigenvalue weighted by Gasteiger charge is -2.18. The van der Waals surface area contributed by atoms with Gasteiger partial charge in [0.15, 0.2) is 6.10 Å². The van der Waals surface area contributed by atoms with Crippen molar-refractivity contribution < 1.29 is 44.4 Å². The molecule has 0 saturated carbocycles. The molecule has 0 amide bonds. The number of alkyl halides is 9. The van der Waals surface area contributed by atoms with Gasteiger partial charge in [0, 0.05) is 6.20 Å². The average molecular weight is 507 g/mol. The van der Waals surface area contributed by atoms with E-state index in [0.29, 0.717) is 37.1 Å². The van der Waals surface area contributed by atoms with Crippen molar-refractivity contribution in [2.45, 2.75) is 50.8 Å². The standard InChI is InChI=1S/C14H13F6NO.C6H3ClF3N/c1-8-3-2-4-12(22-21-8)9-5-10(13(15,16)17)7-11(6-9)14(18,19)20;7-4-1-2-5(11-3-4)6(8,9)10/h5-7,12H,2-4H2,1H3;1-3H. The monoisotopic (exact) mass is 506 g/mol. The Morgan fingerprint density at radius 2 is 1.45 bits per heavy atom. The molecule has 33 heavy (non-hydrogen) atoms. The van der Waals surface area contributed by atoms with E-state index in [4.69, 9.17) is 16.4 Å². The van der Waals surface area contributed by atoms with Gasteiger partial charge in [0.05, 0.1) is 21.9 Å². The van der Waals surface area contributed by atoms with Gasteiger partial charge in [-0.2, -0.15) is 39.5 Å². The van der Waals surface area contributed by atoms with Crippen molar-refractivity contribution in [1.29, 1.82) is 0 Å². The summed E-state index contributed by atoms with van der Waals surface area (Å²) in [6.45, 7) is 1.69. The van der Waals surface area contributed by atoms with Crippen LogP contribution in [0.25, 0.3) is 0 Å². The molecule has 3 rings (SSSR count). The Balaban J connectivity index is 0.000000294. The molecule has 1 aliphatic heterocycles. The SMILES string of the molecule is CC1=NOC(c2cc(C(F)(F)F)cc(C(F)(F)F)c2)CCC1.FC(F)(F)c1ccc(Cl)cn1. The van der Waals surface area contributed by atoms with Crippen LogP contribution in [0.5, 0.6) is 0 Å². The van der Waals surface area contributed by atoms with Crippen LogP contribution in [0.2, 0.25) is 5.02 Å². The Labute approximate surface area is 187 Å². The first-order valence-corrected chi connectivity index (χ1v) is 9.62. The van der Waals surface area contributed by atoms with Crippen LogP contribution in [0.3, 0.4) is 0 Å². The molecule has 1 unspecified atom stereocenters. The normalized spacial score (nSPS) is 17.3. The van der Waals surface area contributed by atoms with Crippen molar-refractivity contribution in [1.82, 2.24) is 4.98 Å². The van der Waals surface area contributed by atoms with E-state index in [1.54, 1.807) is 6.92 Å². The Morgan fingerprint density at radius 3 is 1.91 bits per heavy atom. The number of rotatable bonds is 1. The zero-order valence-electron chi connectivity index (χ0n) is 16.7. The van der Waals surface area contributed by atoms with Gasteiger partial charge in [-0.05, 0) is 62.1 Å². The maximum Gasteiger partial charge on any atom is 0.433 e. The second-order valence-electron chi connectivity index (χ2n) is 7.01. The number of pyridine rings is 1. The van der Waals surface area contributed by atoms with Gasteiger partial charge < -0.3 is 4.84 Å². The van der Waals surface area contributed by atoms with Crippen molar-refractivity contribution in [3.8, 4) is 0 Å². The molecule has 0 spiro atoms. The highest BCUT2D eigenvalue weighted by atomic mass is 35.5. The molecule has 1 atom stereocenters. The average Bonchev–Trinajstić information content (AvgIpc) is 2.91. The first-order valence-electron chi connectivity index (χ1n) is 9.25. The number of oxime groups is 1. The van der Waals surface area contributed by atoms with Gasteiger partial charge in [-0.15, -0.1) is 0 Å². The molecule has 2 aromatic rings. The lowest BCUT2D eigenvalue weighted by molar-refractivity contribution is -0.143. The predicted molar refractivity (Wildman–Crippen MR) is 101 cm³/mol. The lowest BCUT2D eigenvalue weighted by Crippen LogP contribution is -2.13. The summed E-state index contributed by atoms with van der Waals surface area (Å²) in [5.74, 6) is 0. The second-order valence-corrected chi connectivity index (χ2v) is 7.45. The van der Waals surface area contributed by atoms with E-state index in [-0.39, 0.29) is 16.7 Å². The molecular formula is C20H16ClF9N2O. The van der Waals surface area contributed by atoms with Crippen LogP contribution in [0.1, 0.15) is 54.7 Å². The van der Waals surface area contributed by atoms with Crippen molar-refractivity contribution in [2.24, 2.45) is 5.16 Å². The summed E-state index contributed by atoms with van der Waals surface area (Å²) in [6, 6.07) is 3.47. The van der Waals surface area contributed by atoms with E-state index in [2.05, 4.69) is 10.1 Å². The van der Waals surface area contributed by atoms with Crippen LogP contribution in [0.4, 0.5) is 39.5 Å². The summed E-state index contributed by atoms with van der Waals surface area (Å²) in [7, 11) is 0. The minimum Gasteiger partial charge on any atom is -0.388 e. The quantitative estimate of drug-likeness (QED) is 0.366. The molecule has 0 radical (unpaired) electrons. The fraction of sp³-hybridized carbons (Fsp3) is 0.400. The van der Waals surface area contributed by atoms with E-state index in [9.17, 15) is 39.5 Å². The number of hydrogen-bond donors (Lipinski definition) is 0. The Morgan fingerprint density at radius 1 is 0.879 bits per heavy atom. The van der Waals surface area contributed by atoms with E-state index in [1.165, 1.54) is 0 Å². The third-order valence-corrected chi connectivity index (χ3v) is 4.56. The minimum absolute atomic E-state index is 0.106. The van der Waals surface area contributed by atoms with Crippen molar-refractivity contribution >= 4 is 17.3 Å². The summed E-state index contributed by atoms with van der Waals surface area (Å²) in [5, 5.41) is 3.91. The van der Waals surface area contributed by atoms with Gasteiger partial charge >= 0.3 is 18.5 Å². The van der Waals surface area contributed by atoms with Crippen LogP contribution in [0.15, 0.2) is 41.7 Å². The van der Waals surface area contributed by atoms with E-state index >= 15 is 0 Å². The summed E-state index contributed by atoms with van der Waals surface area (Å²) in [4.78, 5) is 8.18. The highest BCUT2D eigenvalue weighted by Gasteiger charge is 2.38. The van der Waals surface area contributed by atoms with Gasteiger partial charge in [0.25, 0.3) is 0 Å². The maximum atomic E-state index is 12.8. The Hall–Kier alpha value is -2.50. The second kappa shape index (κ2) is 10.2. The summed E-state index contributed by atoms with van der Waals surface area (Å²) in [6.07, 6.45) is -12.6. The third kappa shape index (κ3) is 8.09. The van der Waals surface area contributed by atoms with Crippen LogP contribution in [-0.2, 0) is 23.4 Å². The summed E-state index contributed by atoms with van der Waals surface area (Å²) in [5.41, 5.74) is -3.12. The third-order valence-electron chi connectivity index (χ3n) is 4.34. The Bertz CT molecular complexity index is 935. The fourth-order valence-corrected chi connectivity index (χ4v) is 2.84. The highest BCUT2D eigenvalue weighted by Crippen LogP contribution is 2.39. The first kappa shape index (κ1) is 26.7. The van der Waals surface area contributed by atoms with Crippen molar-refractivity contribution in [2.75, 3.05) is 0 Å². The first-order chi connectivity index (χ1) is 15.1. The smallest absolute Gasteiger partial charge is 0.388 e. The Kier molecular flexibility index (Phi) is 8.26. The molecule has 1 aromatic carbocycles. The van der Waals surface area contributed by atoms with Gasteiger partial charge in [-0.25, -0.2) is 0 Å². The summed E-state index contributed by atoms with van der Waals surface area (Å²) < 4.78 is 112. The van der Waals surface area contributed by atoms with Crippen LogP contribution >= 0.6 is 11.6 Å². The molecule has 0 aliphatic carbocycles. The molecular weight excluding hydrogens is 491 g/mol. The van der Waals surface area contributed by atoms with Crippen LogP contribution in [-0.4, -0.2) is 10.7 Å². The number of aromatic nitrogens is 1. The molecule has 0 N–H and O–H groups in total. The van der Waals surface area contributed by atoms with Gasteiger partial charge in [-0.3, -0.25) is 4.98 Å². The number of hydrogen-bond acceptors (Lipinski definition) is 3. The molecule has 0 bridgehead atoms. The van der Waals surface area contributed by atoms with E-state index in [1.807, 2.05) is 0 Å². The van der Waals surface area contributed by atoms with E-state index in [0.717, 1.165) is 18.3 Å². The molecule has 0 saturated heterocycles. The molecule has 1 aromatic heterocycles. The number of benzene rings is 1. The fourth-order valence-electron chi connectivity index (χ4n) is 2.73. The zero-order valence-corrected chi connectivity index (χ0v) is 17.5. The maximum absolute atomic E-state index is 12.8. The zero-order chi connectivity index (χ0) is 25.0. The van der Waals surface area contributed by atoms with Gasteiger partial charge in [-0.1, -0.05) is 16.8 Å². The van der Waals surface area contributed by atoms with Crippen LogP contribution < -0.4 is 0 Å². The van der Waals surface area contributed by atoms with Gasteiger partial charge in [0.1, 0.15) is 5.69 Å². The van der Waals surface area contributed by atoms with Crippen LogP contribution in [0, 0.1) is 0 Å². The van der Waals surface area contributed by atoms with Crippen molar-refractivity contribution in [3.05, 3.63) is 63.9 Å². The largest absolute Gasteiger partial charge is 0.433 e. The molecule has 3 nitrogen and oxygen atoms in total. The molecule has 2 heterocycles. The minimum atomic E-state index is -4.86. The molecule has 182 valence electrons. The van der Waals surface area contributed by atoms with Crippen molar-refractivity contribution in [3.63, 3.8) is 0 Å². The highest BCUT2D eigenvalue weighted by molar-refractivity contribution is 6.30. The van der Waals surface area contributed by atoms with Gasteiger partial charge in [0.2, 0.25) is 0 Å². The lowest BCUT2D eigenvalue weighted by atomic mass is 9.98.